The fourth-order valence-electron chi connectivity index (χ4n) is 4.65. The molecule has 0 atom stereocenters. The fraction of sp³-hybridized carbons (Fsp3) is 0.520. The second-order valence-corrected chi connectivity index (χ2v) is 8.57. The summed E-state index contributed by atoms with van der Waals surface area (Å²) in [6.45, 7) is 15.3. The molecule has 0 aromatic heterocycles. The molecule has 0 amide bonds. The minimum Gasteiger partial charge on any atom is -0.370 e. The lowest BCUT2D eigenvalue weighted by molar-refractivity contribution is 0.115. The van der Waals surface area contributed by atoms with Gasteiger partial charge in [0.05, 0.1) is 0 Å². The van der Waals surface area contributed by atoms with E-state index in [4.69, 9.17) is 0 Å². The molecular formula is C25H36N4. The molecule has 156 valence electrons. The third-order valence-electron chi connectivity index (χ3n) is 6.49. The van der Waals surface area contributed by atoms with Crippen molar-refractivity contribution >= 4 is 5.69 Å². The van der Waals surface area contributed by atoms with Crippen molar-refractivity contribution < 1.29 is 0 Å². The third-order valence-corrected chi connectivity index (χ3v) is 6.49. The molecule has 0 saturated carbocycles. The maximum Gasteiger partial charge on any atom is 0.0396 e. The van der Waals surface area contributed by atoms with E-state index >= 15 is 0 Å². The van der Waals surface area contributed by atoms with Crippen LogP contribution in [-0.2, 0) is 6.54 Å². The van der Waals surface area contributed by atoms with Crippen LogP contribution in [0.4, 0.5) is 5.69 Å². The minimum atomic E-state index is 1.09. The van der Waals surface area contributed by atoms with Gasteiger partial charge in [-0.05, 0) is 37.1 Å². The quantitative estimate of drug-likeness (QED) is 0.748. The van der Waals surface area contributed by atoms with Crippen molar-refractivity contribution in [1.29, 1.82) is 0 Å². The van der Waals surface area contributed by atoms with Gasteiger partial charge in [0.2, 0.25) is 0 Å². The van der Waals surface area contributed by atoms with Crippen molar-refractivity contribution in [1.82, 2.24) is 14.7 Å². The van der Waals surface area contributed by atoms with E-state index < -0.39 is 0 Å². The lowest BCUT2D eigenvalue weighted by atomic mass is 10.2. The Bertz CT molecular complexity index is 739. The van der Waals surface area contributed by atoms with Crippen LogP contribution < -0.4 is 4.90 Å². The molecule has 4 heteroatoms. The van der Waals surface area contributed by atoms with Gasteiger partial charge >= 0.3 is 0 Å². The summed E-state index contributed by atoms with van der Waals surface area (Å²) in [6.07, 6.45) is 1.26. The molecule has 2 aliphatic heterocycles. The van der Waals surface area contributed by atoms with Crippen LogP contribution in [0.1, 0.15) is 17.5 Å². The van der Waals surface area contributed by atoms with Gasteiger partial charge in [0.25, 0.3) is 0 Å². The predicted octanol–water partition coefficient (Wildman–Crippen LogP) is 3.32. The Morgan fingerprint density at radius 1 is 0.621 bits per heavy atom. The molecule has 2 aliphatic rings. The number of benzene rings is 2. The predicted molar refractivity (Wildman–Crippen MR) is 123 cm³/mol. The molecule has 0 spiro atoms. The lowest BCUT2D eigenvalue weighted by Crippen LogP contribution is -2.48. The molecule has 2 heterocycles. The van der Waals surface area contributed by atoms with Crippen LogP contribution in [-0.4, -0.2) is 80.1 Å². The summed E-state index contributed by atoms with van der Waals surface area (Å²) >= 11 is 0. The summed E-state index contributed by atoms with van der Waals surface area (Å²) < 4.78 is 0. The molecule has 29 heavy (non-hydrogen) atoms. The molecule has 0 radical (unpaired) electrons. The van der Waals surface area contributed by atoms with Gasteiger partial charge in [-0.3, -0.25) is 9.80 Å². The largest absolute Gasteiger partial charge is 0.370 e. The first-order valence-electron chi connectivity index (χ1n) is 11.3. The highest BCUT2D eigenvalue weighted by molar-refractivity contribution is 5.53. The molecular weight excluding hydrogens is 356 g/mol. The molecule has 0 aliphatic carbocycles. The zero-order valence-corrected chi connectivity index (χ0v) is 18.0. The maximum absolute atomic E-state index is 2.68. The number of aryl methyl sites for hydroxylation is 1. The van der Waals surface area contributed by atoms with E-state index in [9.17, 15) is 0 Å². The summed E-state index contributed by atoms with van der Waals surface area (Å²) in [7, 11) is 0. The molecule has 0 unspecified atom stereocenters. The highest BCUT2D eigenvalue weighted by Crippen LogP contribution is 2.21. The van der Waals surface area contributed by atoms with E-state index in [1.54, 1.807) is 0 Å². The Labute approximate surface area is 176 Å². The van der Waals surface area contributed by atoms with Gasteiger partial charge in [0.15, 0.2) is 0 Å². The summed E-state index contributed by atoms with van der Waals surface area (Å²) in [5.41, 5.74) is 4.25. The highest BCUT2D eigenvalue weighted by Gasteiger charge is 2.19. The molecule has 0 N–H and O–H groups in total. The summed E-state index contributed by atoms with van der Waals surface area (Å²) in [5.74, 6) is 0. The zero-order chi connectivity index (χ0) is 19.9. The molecule has 2 fully saturated rings. The first-order chi connectivity index (χ1) is 14.3. The second kappa shape index (κ2) is 10.2. The first kappa shape index (κ1) is 20.4. The van der Waals surface area contributed by atoms with Crippen LogP contribution in [0.15, 0.2) is 54.6 Å². The first-order valence-corrected chi connectivity index (χ1v) is 11.3. The Morgan fingerprint density at radius 3 is 2.00 bits per heavy atom. The van der Waals surface area contributed by atoms with E-state index in [-0.39, 0.29) is 0 Å². The Morgan fingerprint density at radius 2 is 1.24 bits per heavy atom. The average Bonchev–Trinajstić information content (AvgIpc) is 3.00. The van der Waals surface area contributed by atoms with Crippen LogP contribution in [0.25, 0.3) is 0 Å². The standard InChI is InChI=1S/C25H36N4/c1-23-8-5-6-11-25(23)29-13-7-12-26(20-21-29)14-15-27-16-18-28(19-17-27)22-24-9-3-2-4-10-24/h2-6,8-11H,7,12-22H2,1H3. The number of rotatable bonds is 6. The topological polar surface area (TPSA) is 13.0 Å². The molecule has 4 nitrogen and oxygen atoms in total. The number of anilines is 1. The van der Waals surface area contributed by atoms with Gasteiger partial charge in [-0.25, -0.2) is 0 Å². The van der Waals surface area contributed by atoms with E-state index in [1.165, 1.54) is 82.1 Å². The van der Waals surface area contributed by atoms with Crippen molar-refractivity contribution in [3.63, 3.8) is 0 Å². The zero-order valence-electron chi connectivity index (χ0n) is 18.0. The average molecular weight is 393 g/mol. The summed E-state index contributed by atoms with van der Waals surface area (Å²) in [5, 5.41) is 0. The summed E-state index contributed by atoms with van der Waals surface area (Å²) in [4.78, 5) is 10.5. The molecule has 2 aromatic carbocycles. The van der Waals surface area contributed by atoms with Crippen molar-refractivity contribution in [2.45, 2.75) is 19.9 Å². The number of nitrogens with zero attached hydrogens (tertiary/aromatic N) is 4. The smallest absolute Gasteiger partial charge is 0.0396 e. The van der Waals surface area contributed by atoms with Crippen molar-refractivity contribution in [3.8, 4) is 0 Å². The number of para-hydroxylation sites is 1. The van der Waals surface area contributed by atoms with Crippen molar-refractivity contribution in [3.05, 3.63) is 65.7 Å². The van der Waals surface area contributed by atoms with Crippen LogP contribution in [0.5, 0.6) is 0 Å². The third kappa shape index (κ3) is 5.81. The van der Waals surface area contributed by atoms with Crippen LogP contribution in [0.3, 0.4) is 0 Å². The Balaban J connectivity index is 1.18. The molecule has 0 bridgehead atoms. The summed E-state index contributed by atoms with van der Waals surface area (Å²) in [6, 6.07) is 19.7. The van der Waals surface area contributed by atoms with Gasteiger partial charge in [0, 0.05) is 71.1 Å². The monoisotopic (exact) mass is 392 g/mol. The van der Waals surface area contributed by atoms with Crippen molar-refractivity contribution in [2.75, 3.05) is 70.3 Å². The van der Waals surface area contributed by atoms with Crippen molar-refractivity contribution in [2.24, 2.45) is 0 Å². The second-order valence-electron chi connectivity index (χ2n) is 8.57. The normalized spacial score (nSPS) is 20.0. The minimum absolute atomic E-state index is 1.09. The number of hydrogen-bond acceptors (Lipinski definition) is 4. The number of piperazine rings is 1. The van der Waals surface area contributed by atoms with E-state index in [0.29, 0.717) is 0 Å². The highest BCUT2D eigenvalue weighted by atomic mass is 15.3. The van der Waals surface area contributed by atoms with Gasteiger partial charge in [-0.15, -0.1) is 0 Å². The number of hydrogen-bond donors (Lipinski definition) is 0. The Hall–Kier alpha value is -1.88. The van der Waals surface area contributed by atoms with Crippen LogP contribution in [0.2, 0.25) is 0 Å². The SMILES string of the molecule is Cc1ccccc1N1CCCN(CCN2CCN(Cc3ccccc3)CC2)CC1. The van der Waals surface area contributed by atoms with Gasteiger partial charge in [-0.1, -0.05) is 48.5 Å². The molecule has 4 rings (SSSR count). The van der Waals surface area contributed by atoms with Gasteiger partial charge < -0.3 is 9.80 Å². The van der Waals surface area contributed by atoms with E-state index in [2.05, 4.69) is 81.1 Å². The van der Waals surface area contributed by atoms with E-state index in [0.717, 1.165) is 13.1 Å². The van der Waals surface area contributed by atoms with Gasteiger partial charge in [0.1, 0.15) is 0 Å². The molecule has 2 aromatic rings. The van der Waals surface area contributed by atoms with Crippen LogP contribution >= 0.6 is 0 Å². The maximum atomic E-state index is 2.68. The lowest BCUT2D eigenvalue weighted by Gasteiger charge is -2.35. The fourth-order valence-corrected chi connectivity index (χ4v) is 4.65. The van der Waals surface area contributed by atoms with Crippen LogP contribution in [0, 0.1) is 6.92 Å². The Kier molecular flexibility index (Phi) is 7.20. The van der Waals surface area contributed by atoms with E-state index in [1.807, 2.05) is 0 Å². The van der Waals surface area contributed by atoms with Gasteiger partial charge in [-0.2, -0.15) is 0 Å². The molecule has 2 saturated heterocycles.